The van der Waals surface area contributed by atoms with Gasteiger partial charge in [-0.15, -0.1) is 0 Å². The Morgan fingerprint density at radius 2 is 2.11 bits per heavy atom. The van der Waals surface area contributed by atoms with Crippen LogP contribution in [0.1, 0.15) is 33.1 Å². The van der Waals surface area contributed by atoms with Crippen molar-refractivity contribution in [2.24, 2.45) is 5.41 Å². The lowest BCUT2D eigenvalue weighted by atomic mass is 9.82. The quantitative estimate of drug-likeness (QED) is 0.616. The highest BCUT2D eigenvalue weighted by atomic mass is 19.1. The number of hydrogen-bond donors (Lipinski definition) is 0. The van der Waals surface area contributed by atoms with Gasteiger partial charge in [0.15, 0.2) is 0 Å². The molecule has 0 radical (unpaired) electrons. The van der Waals surface area contributed by atoms with E-state index in [2.05, 4.69) is 13.8 Å². The third kappa shape index (κ3) is 2.41. The zero-order chi connectivity index (χ0) is 14.0. The number of halogens is 1. The number of para-hydroxylation sites is 1. The van der Waals surface area contributed by atoms with E-state index in [0.29, 0.717) is 5.69 Å². The predicted molar refractivity (Wildman–Crippen MR) is 72.9 cm³/mol. The van der Waals surface area contributed by atoms with Crippen LogP contribution >= 0.6 is 0 Å². The molecule has 5 heteroatoms. The van der Waals surface area contributed by atoms with Gasteiger partial charge in [-0.3, -0.25) is 10.1 Å². The Hall–Kier alpha value is -1.65. The summed E-state index contributed by atoms with van der Waals surface area (Å²) in [6.07, 6.45) is 3.10. The van der Waals surface area contributed by atoms with Gasteiger partial charge in [0.1, 0.15) is 5.69 Å². The number of nitrogens with zero attached hydrogens (tertiary/aromatic N) is 2. The van der Waals surface area contributed by atoms with Crippen molar-refractivity contribution in [3.8, 4) is 0 Å². The van der Waals surface area contributed by atoms with E-state index in [1.807, 2.05) is 4.90 Å². The average molecular weight is 266 g/mol. The summed E-state index contributed by atoms with van der Waals surface area (Å²) in [4.78, 5) is 12.4. The van der Waals surface area contributed by atoms with Crippen LogP contribution in [0.3, 0.4) is 0 Å². The smallest absolute Gasteiger partial charge is 0.327 e. The van der Waals surface area contributed by atoms with E-state index in [0.717, 1.165) is 38.4 Å². The third-order valence-corrected chi connectivity index (χ3v) is 4.43. The lowest BCUT2D eigenvalue weighted by Gasteiger charge is -2.27. The van der Waals surface area contributed by atoms with Gasteiger partial charge in [-0.05, 0) is 36.8 Å². The Labute approximate surface area is 112 Å². The van der Waals surface area contributed by atoms with Gasteiger partial charge in [0.25, 0.3) is 0 Å². The highest BCUT2D eigenvalue weighted by molar-refractivity contribution is 5.64. The van der Waals surface area contributed by atoms with Crippen LogP contribution in [0.4, 0.5) is 15.8 Å². The Morgan fingerprint density at radius 3 is 2.63 bits per heavy atom. The number of nitro groups is 1. The molecule has 104 valence electrons. The molecular formula is C14H19FN2O2. The standard InChI is InChI=1S/C14H19FN2O2/c1-3-14(4-2)8-9-16(10-14)12-7-5-6-11(15)13(12)17(18)19/h5-7H,3-4,8-10H2,1-2H3. The fraction of sp³-hybridized carbons (Fsp3) is 0.571. The maximum absolute atomic E-state index is 13.6. The molecule has 0 aromatic heterocycles. The molecule has 1 aromatic rings. The number of benzene rings is 1. The molecule has 0 aliphatic carbocycles. The maximum Gasteiger partial charge on any atom is 0.327 e. The van der Waals surface area contributed by atoms with Crippen molar-refractivity contribution in [3.63, 3.8) is 0 Å². The molecule has 1 saturated heterocycles. The second-order valence-corrected chi connectivity index (χ2v) is 5.24. The summed E-state index contributed by atoms with van der Waals surface area (Å²) < 4.78 is 13.6. The van der Waals surface area contributed by atoms with E-state index < -0.39 is 16.4 Å². The lowest BCUT2D eigenvalue weighted by Crippen LogP contribution is -2.26. The molecule has 0 atom stereocenters. The van der Waals surface area contributed by atoms with E-state index in [1.165, 1.54) is 6.07 Å². The second-order valence-electron chi connectivity index (χ2n) is 5.24. The predicted octanol–water partition coefficient (Wildman–Crippen LogP) is 3.75. The van der Waals surface area contributed by atoms with Crippen LogP contribution in [0.25, 0.3) is 0 Å². The zero-order valence-electron chi connectivity index (χ0n) is 11.4. The number of anilines is 1. The maximum atomic E-state index is 13.6. The monoisotopic (exact) mass is 266 g/mol. The molecule has 0 unspecified atom stereocenters. The Kier molecular flexibility index (Phi) is 3.73. The van der Waals surface area contributed by atoms with Gasteiger partial charge in [0.2, 0.25) is 5.82 Å². The summed E-state index contributed by atoms with van der Waals surface area (Å²) in [6.45, 7) is 5.82. The fourth-order valence-corrected chi connectivity index (χ4v) is 2.91. The van der Waals surface area contributed by atoms with Gasteiger partial charge < -0.3 is 4.90 Å². The molecule has 1 aliphatic heterocycles. The topological polar surface area (TPSA) is 46.4 Å². The van der Waals surface area contributed by atoms with Crippen LogP contribution in [0, 0.1) is 21.3 Å². The summed E-state index contributed by atoms with van der Waals surface area (Å²) in [6, 6.07) is 4.32. The van der Waals surface area contributed by atoms with E-state index in [1.54, 1.807) is 6.07 Å². The molecule has 0 spiro atoms. The zero-order valence-corrected chi connectivity index (χ0v) is 11.4. The molecule has 0 saturated carbocycles. The first kappa shape index (κ1) is 13.8. The minimum atomic E-state index is -0.756. The molecule has 1 heterocycles. The van der Waals surface area contributed by atoms with Crippen molar-refractivity contribution < 1.29 is 9.31 Å². The molecular weight excluding hydrogens is 247 g/mol. The summed E-state index contributed by atoms with van der Waals surface area (Å²) in [5.74, 6) is -0.756. The van der Waals surface area contributed by atoms with E-state index in [-0.39, 0.29) is 5.41 Å². The molecule has 2 rings (SSSR count). The lowest BCUT2D eigenvalue weighted by molar-refractivity contribution is -0.386. The molecule has 1 aromatic carbocycles. The van der Waals surface area contributed by atoms with Crippen LogP contribution in [0.5, 0.6) is 0 Å². The first-order valence-electron chi connectivity index (χ1n) is 6.71. The van der Waals surface area contributed by atoms with Crippen LogP contribution in [-0.2, 0) is 0 Å². The molecule has 0 amide bonds. The van der Waals surface area contributed by atoms with E-state index in [4.69, 9.17) is 0 Å². The van der Waals surface area contributed by atoms with Gasteiger partial charge in [-0.25, -0.2) is 0 Å². The SMILES string of the molecule is CCC1(CC)CCN(c2cccc(F)c2[N+](=O)[O-])C1. The first-order chi connectivity index (χ1) is 9.03. The van der Waals surface area contributed by atoms with Crippen molar-refractivity contribution in [2.45, 2.75) is 33.1 Å². The Bertz CT molecular complexity index is 486. The molecule has 19 heavy (non-hydrogen) atoms. The normalized spacial score (nSPS) is 17.7. The number of rotatable bonds is 4. The molecule has 4 nitrogen and oxygen atoms in total. The largest absolute Gasteiger partial charge is 0.365 e. The Balaban J connectivity index is 2.34. The minimum absolute atomic E-state index is 0.209. The van der Waals surface area contributed by atoms with Gasteiger partial charge in [0.05, 0.1) is 4.92 Å². The highest BCUT2D eigenvalue weighted by Crippen LogP contribution is 2.41. The average Bonchev–Trinajstić information content (AvgIpc) is 2.83. The van der Waals surface area contributed by atoms with Crippen LogP contribution in [0.2, 0.25) is 0 Å². The first-order valence-corrected chi connectivity index (χ1v) is 6.71. The second kappa shape index (κ2) is 5.15. The van der Waals surface area contributed by atoms with Crippen LogP contribution in [0.15, 0.2) is 18.2 Å². The summed E-state index contributed by atoms with van der Waals surface area (Å²) in [7, 11) is 0. The summed E-state index contributed by atoms with van der Waals surface area (Å²) >= 11 is 0. The van der Waals surface area contributed by atoms with Gasteiger partial charge >= 0.3 is 5.69 Å². The molecule has 1 fully saturated rings. The molecule has 1 aliphatic rings. The third-order valence-electron chi connectivity index (χ3n) is 4.43. The van der Waals surface area contributed by atoms with Gasteiger partial charge in [-0.2, -0.15) is 4.39 Å². The van der Waals surface area contributed by atoms with Gasteiger partial charge in [-0.1, -0.05) is 19.9 Å². The van der Waals surface area contributed by atoms with Crippen molar-refractivity contribution in [1.29, 1.82) is 0 Å². The molecule has 0 N–H and O–H groups in total. The van der Waals surface area contributed by atoms with E-state index in [9.17, 15) is 14.5 Å². The molecule has 0 bridgehead atoms. The summed E-state index contributed by atoms with van der Waals surface area (Å²) in [5.41, 5.74) is 0.222. The van der Waals surface area contributed by atoms with Crippen LogP contribution in [-0.4, -0.2) is 18.0 Å². The van der Waals surface area contributed by atoms with Crippen molar-refractivity contribution in [3.05, 3.63) is 34.1 Å². The van der Waals surface area contributed by atoms with Crippen LogP contribution < -0.4 is 4.90 Å². The van der Waals surface area contributed by atoms with Crippen molar-refractivity contribution >= 4 is 11.4 Å². The Morgan fingerprint density at radius 1 is 1.42 bits per heavy atom. The van der Waals surface area contributed by atoms with E-state index >= 15 is 0 Å². The number of nitro benzene ring substituents is 1. The minimum Gasteiger partial charge on any atom is -0.365 e. The highest BCUT2D eigenvalue weighted by Gasteiger charge is 2.37. The van der Waals surface area contributed by atoms with Crippen molar-refractivity contribution in [1.82, 2.24) is 0 Å². The number of hydrogen-bond acceptors (Lipinski definition) is 3. The van der Waals surface area contributed by atoms with Crippen molar-refractivity contribution in [2.75, 3.05) is 18.0 Å². The summed E-state index contributed by atoms with van der Waals surface area (Å²) in [5, 5.41) is 11.0. The fourth-order valence-electron chi connectivity index (χ4n) is 2.91. The van der Waals surface area contributed by atoms with Gasteiger partial charge in [0, 0.05) is 13.1 Å².